The Bertz CT molecular complexity index is 4380. The van der Waals surface area contributed by atoms with E-state index in [0.29, 0.717) is 15.0 Å². The monoisotopic (exact) mass is 1240 g/mol. The van der Waals surface area contributed by atoms with Crippen LogP contribution in [-0.2, 0) is 29.7 Å². The number of benzene rings is 7. The molecule has 0 aliphatic heterocycles. The second kappa shape index (κ2) is 24.4. The number of furan rings is 1. The summed E-state index contributed by atoms with van der Waals surface area (Å²) in [5.41, 5.74) is 17.5. The molecule has 7 aromatic carbocycles. The molecule has 82 heavy (non-hydrogen) atoms. The molecule has 0 saturated carbocycles. The van der Waals surface area contributed by atoms with Gasteiger partial charge in [-0.05, 0) is 155 Å². The van der Waals surface area contributed by atoms with Gasteiger partial charge in [-0.2, -0.15) is 0 Å². The van der Waals surface area contributed by atoms with Crippen LogP contribution in [-0.4, -0.2) is 64.2 Å². The minimum Gasteiger partial charge on any atom is -0.452 e. The number of nitrogens with zero attached hydrogens (tertiary/aromatic N) is 4. The molecule has 0 atom stereocenters. The van der Waals surface area contributed by atoms with Gasteiger partial charge >= 0.3 is 0 Å². The van der Waals surface area contributed by atoms with E-state index in [1.165, 1.54) is 59.9 Å². The van der Waals surface area contributed by atoms with Crippen molar-refractivity contribution in [3.05, 3.63) is 183 Å². The summed E-state index contributed by atoms with van der Waals surface area (Å²) in [6, 6.07) is 39.3. The van der Waals surface area contributed by atoms with Crippen LogP contribution < -0.4 is 4.72 Å². The molecule has 0 amide bonds. The Kier molecular flexibility index (Phi) is 17.9. The fraction of sp³-hybridized carbons (Fsp3) is 0.194. The zero-order valence-electron chi connectivity index (χ0n) is 46.8. The Morgan fingerprint density at radius 1 is 0.427 bits per heavy atom. The molecule has 422 valence electrons. The lowest BCUT2D eigenvalue weighted by Gasteiger charge is -2.02. The molecule has 12 rings (SSSR count). The Morgan fingerprint density at radius 2 is 0.720 bits per heavy atom. The summed E-state index contributed by atoms with van der Waals surface area (Å²) in [6.07, 6.45) is 2.86. The molecular formula is C62H58ClN5O7S7. The quantitative estimate of drug-likeness (QED) is 0.145. The number of sulfone groups is 2. The Morgan fingerprint density at radius 3 is 0.988 bits per heavy atom. The van der Waals surface area contributed by atoms with Crippen molar-refractivity contribution in [1.29, 1.82) is 0 Å². The number of fused-ring (bicyclic) bond motifs is 4. The van der Waals surface area contributed by atoms with Crippen molar-refractivity contribution in [2.45, 2.75) is 77.0 Å². The van der Waals surface area contributed by atoms with Gasteiger partial charge in [-0.15, -0.1) is 45.3 Å². The van der Waals surface area contributed by atoms with Crippen LogP contribution in [0.1, 0.15) is 51.4 Å². The molecule has 0 fully saturated rings. The minimum absolute atomic E-state index is 0.117. The van der Waals surface area contributed by atoms with Gasteiger partial charge in [-0.1, -0.05) is 91.9 Å². The van der Waals surface area contributed by atoms with Crippen molar-refractivity contribution < 1.29 is 29.7 Å². The van der Waals surface area contributed by atoms with E-state index in [2.05, 4.69) is 107 Å². The van der Waals surface area contributed by atoms with Crippen molar-refractivity contribution in [2.75, 3.05) is 19.1 Å². The molecule has 0 bridgehead atoms. The van der Waals surface area contributed by atoms with E-state index in [4.69, 9.17) is 31.0 Å². The second-order valence-electron chi connectivity index (χ2n) is 19.7. The molecule has 0 aliphatic carbocycles. The first kappa shape index (κ1) is 60.1. The van der Waals surface area contributed by atoms with Crippen LogP contribution in [0.25, 0.3) is 83.2 Å². The number of hydrogen-bond donors (Lipinski definition) is 1. The van der Waals surface area contributed by atoms with E-state index >= 15 is 0 Å². The molecular weight excluding hydrogens is 1190 g/mol. The van der Waals surface area contributed by atoms with Gasteiger partial charge in [0.2, 0.25) is 10.0 Å². The number of thiazole rings is 4. The van der Waals surface area contributed by atoms with Gasteiger partial charge < -0.3 is 4.42 Å². The highest BCUT2D eigenvalue weighted by Gasteiger charge is 2.18. The lowest BCUT2D eigenvalue weighted by Crippen LogP contribution is -2.18. The lowest BCUT2D eigenvalue weighted by atomic mass is 10.1. The average molecular weight is 1250 g/mol. The van der Waals surface area contributed by atoms with Gasteiger partial charge in [0.1, 0.15) is 26.3 Å². The summed E-state index contributed by atoms with van der Waals surface area (Å²) in [5, 5.41) is 4.09. The smallest absolute Gasteiger partial charge is 0.240 e. The third kappa shape index (κ3) is 13.0. The fourth-order valence-electron chi connectivity index (χ4n) is 8.66. The SMILES string of the molecule is CCS(=O)(=O)c1ccc(-c2nc3c(C)ccc(C)c3s2)cc1.CNS(=O)(=O)c1ccc(-c2nc3c(C)ccc(C)c3s2)cc1.Cc1ccc(C)c2sc(-c3ccc(S(C)(=O)=O)cc3)nc12.Cc1ccc(C)c2sc(-c3coc(Cl)c3)nc12. The average Bonchev–Trinajstić information content (AvgIpc) is 4.51. The van der Waals surface area contributed by atoms with Crippen molar-refractivity contribution in [3.63, 3.8) is 0 Å². The topological polar surface area (TPSA) is 179 Å². The van der Waals surface area contributed by atoms with E-state index in [9.17, 15) is 25.3 Å². The maximum absolute atomic E-state index is 11.9. The van der Waals surface area contributed by atoms with Gasteiger partial charge in [-0.3, -0.25) is 0 Å². The zero-order chi connectivity index (χ0) is 59.0. The first-order valence-electron chi connectivity index (χ1n) is 25.7. The van der Waals surface area contributed by atoms with Gasteiger partial charge in [0.05, 0.1) is 66.9 Å². The maximum Gasteiger partial charge on any atom is 0.240 e. The van der Waals surface area contributed by atoms with E-state index in [-0.39, 0.29) is 10.6 Å². The molecule has 0 aliphatic rings. The summed E-state index contributed by atoms with van der Waals surface area (Å²) in [4.78, 5) is 19.8. The zero-order valence-corrected chi connectivity index (χ0v) is 53.3. The Balaban J connectivity index is 0.000000132. The fourth-order valence-corrected chi connectivity index (χ4v) is 15.5. The Labute approximate surface area is 499 Å². The summed E-state index contributed by atoms with van der Waals surface area (Å²) in [5.74, 6) is 0.117. The van der Waals surface area contributed by atoms with Crippen LogP contribution in [0.5, 0.6) is 0 Å². The predicted molar refractivity (Wildman–Crippen MR) is 342 cm³/mol. The molecule has 20 heteroatoms. The molecule has 12 aromatic rings. The molecule has 0 saturated heterocycles. The predicted octanol–water partition coefficient (Wildman–Crippen LogP) is 16.7. The van der Waals surface area contributed by atoms with Crippen molar-refractivity contribution in [3.8, 4) is 42.3 Å². The number of aryl methyl sites for hydroxylation is 8. The van der Waals surface area contributed by atoms with E-state index < -0.39 is 29.7 Å². The molecule has 0 unspecified atom stereocenters. The second-order valence-corrected chi connectivity index (χ2v) is 30.2. The molecule has 1 N–H and O–H groups in total. The number of halogens is 1. The number of rotatable bonds is 9. The minimum atomic E-state index is -3.40. The normalized spacial score (nSPS) is 11.8. The summed E-state index contributed by atoms with van der Waals surface area (Å²) in [6.45, 7) is 18.2. The van der Waals surface area contributed by atoms with Crippen molar-refractivity contribution >= 4 is 128 Å². The number of aromatic nitrogens is 4. The molecule has 12 nitrogen and oxygen atoms in total. The van der Waals surface area contributed by atoms with Crippen LogP contribution in [0.3, 0.4) is 0 Å². The number of hydrogen-bond acceptors (Lipinski definition) is 15. The first-order valence-corrected chi connectivity index (χ1v) is 34.4. The van der Waals surface area contributed by atoms with Crippen LogP contribution in [0.2, 0.25) is 5.22 Å². The lowest BCUT2D eigenvalue weighted by molar-refractivity contribution is 0.570. The molecule has 5 aromatic heterocycles. The van der Waals surface area contributed by atoms with Crippen molar-refractivity contribution in [1.82, 2.24) is 24.7 Å². The highest BCUT2D eigenvalue weighted by molar-refractivity contribution is 7.91. The number of sulfonamides is 1. The molecule has 0 spiro atoms. The van der Waals surface area contributed by atoms with Crippen LogP contribution in [0, 0.1) is 55.4 Å². The third-order valence-corrected chi connectivity index (χ3v) is 23.1. The Hall–Kier alpha value is -6.52. The summed E-state index contributed by atoms with van der Waals surface area (Å²) in [7, 11) is -8.31. The highest BCUT2D eigenvalue weighted by Crippen LogP contribution is 2.38. The summed E-state index contributed by atoms with van der Waals surface area (Å²) >= 11 is 12.4. The molecule has 5 heterocycles. The molecule has 0 radical (unpaired) electrons. The largest absolute Gasteiger partial charge is 0.452 e. The summed E-state index contributed by atoms with van der Waals surface area (Å²) < 4.78 is 82.5. The van der Waals surface area contributed by atoms with E-state index in [1.54, 1.807) is 113 Å². The van der Waals surface area contributed by atoms with Gasteiger partial charge in [-0.25, -0.2) is 49.9 Å². The number of nitrogens with one attached hydrogen (secondary N) is 1. The van der Waals surface area contributed by atoms with Crippen LogP contribution in [0.15, 0.2) is 153 Å². The van der Waals surface area contributed by atoms with Crippen LogP contribution >= 0.6 is 56.9 Å². The van der Waals surface area contributed by atoms with Gasteiger partial charge in [0.15, 0.2) is 24.9 Å². The van der Waals surface area contributed by atoms with E-state index in [1.807, 2.05) is 31.2 Å². The van der Waals surface area contributed by atoms with E-state index in [0.717, 1.165) is 81.0 Å². The van der Waals surface area contributed by atoms with Crippen LogP contribution in [0.4, 0.5) is 0 Å². The standard InChI is InChI=1S/C17H17NO2S2.C16H16N2O2S2.C16H15NO2S2.C13H10ClNOS/c1-4-22(19,20)14-9-7-13(8-10-14)17-18-15-11(2)5-6-12(3)16(15)21-17;1-10-4-5-11(2)15-14(10)18-16(21-15)12-6-8-13(9-7-12)22(19,20)17-3;1-10-4-5-11(2)15-14(10)17-16(20-15)12-6-8-13(9-7-12)21(3,18)19;1-7-3-4-8(2)12-11(7)15-13(17-12)9-5-10(14)16-6-9/h5-10H,4H2,1-3H3;4-9,17H,1-3H3;4-9H,1-3H3;3-6H,1-2H3. The highest BCUT2D eigenvalue weighted by atomic mass is 35.5. The third-order valence-electron chi connectivity index (χ3n) is 13.6. The maximum atomic E-state index is 11.9. The van der Waals surface area contributed by atoms with Gasteiger partial charge in [0.25, 0.3) is 0 Å². The first-order chi connectivity index (χ1) is 38.8. The van der Waals surface area contributed by atoms with Gasteiger partial charge in [0, 0.05) is 29.0 Å². The van der Waals surface area contributed by atoms with Crippen molar-refractivity contribution in [2.24, 2.45) is 0 Å².